The van der Waals surface area contributed by atoms with Crippen molar-refractivity contribution in [3.63, 3.8) is 0 Å². The second kappa shape index (κ2) is 7.57. The Morgan fingerprint density at radius 1 is 1.38 bits per heavy atom. The number of hydrogen-bond acceptors (Lipinski definition) is 4. The van der Waals surface area contributed by atoms with E-state index in [9.17, 15) is 4.79 Å². The SMILES string of the molecule is CCCCC(=O)NCCc1nc(-c2cccc(C)c2)no1. The van der Waals surface area contributed by atoms with E-state index >= 15 is 0 Å². The Hall–Kier alpha value is -2.17. The van der Waals surface area contributed by atoms with E-state index in [1.807, 2.05) is 31.2 Å². The van der Waals surface area contributed by atoms with Crippen molar-refractivity contribution in [2.45, 2.75) is 39.5 Å². The van der Waals surface area contributed by atoms with Crippen molar-refractivity contribution in [3.8, 4) is 11.4 Å². The lowest BCUT2D eigenvalue weighted by Gasteiger charge is -2.01. The smallest absolute Gasteiger partial charge is 0.228 e. The first-order valence-corrected chi connectivity index (χ1v) is 7.35. The molecule has 1 aromatic carbocycles. The third-order valence-corrected chi connectivity index (χ3v) is 3.16. The van der Waals surface area contributed by atoms with Crippen molar-refractivity contribution in [2.75, 3.05) is 6.54 Å². The molecule has 0 spiro atoms. The molecule has 0 aliphatic carbocycles. The predicted molar refractivity (Wildman–Crippen MR) is 80.7 cm³/mol. The summed E-state index contributed by atoms with van der Waals surface area (Å²) in [4.78, 5) is 15.8. The summed E-state index contributed by atoms with van der Waals surface area (Å²) in [7, 11) is 0. The van der Waals surface area contributed by atoms with E-state index in [1.165, 1.54) is 0 Å². The van der Waals surface area contributed by atoms with Crippen molar-refractivity contribution in [2.24, 2.45) is 0 Å². The molecule has 0 fully saturated rings. The van der Waals surface area contributed by atoms with E-state index in [0.29, 0.717) is 31.1 Å². The maximum Gasteiger partial charge on any atom is 0.228 e. The summed E-state index contributed by atoms with van der Waals surface area (Å²) in [5, 5.41) is 6.83. The number of hydrogen-bond donors (Lipinski definition) is 1. The number of amides is 1. The summed E-state index contributed by atoms with van der Waals surface area (Å²) in [5.74, 6) is 1.21. The van der Waals surface area contributed by atoms with Gasteiger partial charge in [0.15, 0.2) is 0 Å². The lowest BCUT2D eigenvalue weighted by Crippen LogP contribution is -2.25. The second-order valence-electron chi connectivity index (χ2n) is 5.08. The largest absolute Gasteiger partial charge is 0.356 e. The Bertz CT molecular complexity index is 593. The maximum absolute atomic E-state index is 11.5. The van der Waals surface area contributed by atoms with Crippen LogP contribution < -0.4 is 5.32 Å². The number of rotatable bonds is 7. The van der Waals surface area contributed by atoms with Gasteiger partial charge < -0.3 is 9.84 Å². The van der Waals surface area contributed by atoms with Crippen LogP contribution in [0.25, 0.3) is 11.4 Å². The van der Waals surface area contributed by atoms with Gasteiger partial charge in [0.2, 0.25) is 17.6 Å². The van der Waals surface area contributed by atoms with Crippen LogP contribution in [0.4, 0.5) is 0 Å². The molecule has 1 heterocycles. The van der Waals surface area contributed by atoms with Gasteiger partial charge in [0, 0.05) is 24.9 Å². The summed E-state index contributed by atoms with van der Waals surface area (Å²) >= 11 is 0. The van der Waals surface area contributed by atoms with Crippen LogP contribution in [0, 0.1) is 6.92 Å². The molecule has 5 heteroatoms. The van der Waals surface area contributed by atoms with Gasteiger partial charge in [-0.1, -0.05) is 42.3 Å². The van der Waals surface area contributed by atoms with Crippen LogP contribution in [0.3, 0.4) is 0 Å². The molecular formula is C16H21N3O2. The van der Waals surface area contributed by atoms with Gasteiger partial charge in [-0.15, -0.1) is 0 Å². The first kappa shape index (κ1) is 15.2. The Labute approximate surface area is 124 Å². The minimum atomic E-state index is 0.0790. The lowest BCUT2D eigenvalue weighted by molar-refractivity contribution is -0.121. The molecule has 0 aliphatic heterocycles. The van der Waals surface area contributed by atoms with E-state index in [4.69, 9.17) is 4.52 Å². The van der Waals surface area contributed by atoms with Gasteiger partial charge >= 0.3 is 0 Å². The van der Waals surface area contributed by atoms with E-state index in [1.54, 1.807) is 0 Å². The number of aryl methyl sites for hydroxylation is 1. The van der Waals surface area contributed by atoms with Gasteiger partial charge in [-0.05, 0) is 19.4 Å². The van der Waals surface area contributed by atoms with Crippen LogP contribution in [-0.4, -0.2) is 22.6 Å². The highest BCUT2D eigenvalue weighted by atomic mass is 16.5. The molecular weight excluding hydrogens is 266 g/mol. The number of nitrogens with zero attached hydrogens (tertiary/aromatic N) is 2. The summed E-state index contributed by atoms with van der Waals surface area (Å²) in [5.41, 5.74) is 2.10. The summed E-state index contributed by atoms with van der Waals surface area (Å²) in [6.45, 7) is 4.62. The second-order valence-corrected chi connectivity index (χ2v) is 5.08. The molecule has 5 nitrogen and oxygen atoms in total. The van der Waals surface area contributed by atoms with Crippen molar-refractivity contribution >= 4 is 5.91 Å². The van der Waals surface area contributed by atoms with Crippen LogP contribution in [0.2, 0.25) is 0 Å². The molecule has 1 N–H and O–H groups in total. The molecule has 2 rings (SSSR count). The van der Waals surface area contributed by atoms with Gasteiger partial charge in [0.1, 0.15) is 0 Å². The summed E-state index contributed by atoms with van der Waals surface area (Å²) < 4.78 is 5.21. The van der Waals surface area contributed by atoms with E-state index in [-0.39, 0.29) is 5.91 Å². The zero-order chi connectivity index (χ0) is 15.1. The molecule has 0 atom stereocenters. The number of aromatic nitrogens is 2. The quantitative estimate of drug-likeness (QED) is 0.850. The van der Waals surface area contributed by atoms with Crippen LogP contribution in [0.15, 0.2) is 28.8 Å². The number of benzene rings is 1. The van der Waals surface area contributed by atoms with Crippen molar-refractivity contribution in [1.82, 2.24) is 15.5 Å². The molecule has 21 heavy (non-hydrogen) atoms. The predicted octanol–water partition coefficient (Wildman–Crippen LogP) is 2.89. The zero-order valence-electron chi connectivity index (χ0n) is 12.6. The average Bonchev–Trinajstić information content (AvgIpc) is 2.94. The number of carbonyl (C=O) groups excluding carboxylic acids is 1. The molecule has 1 aromatic heterocycles. The van der Waals surface area contributed by atoms with E-state index in [0.717, 1.165) is 24.0 Å². The fraction of sp³-hybridized carbons (Fsp3) is 0.438. The van der Waals surface area contributed by atoms with Crippen molar-refractivity contribution in [1.29, 1.82) is 0 Å². The third-order valence-electron chi connectivity index (χ3n) is 3.16. The highest BCUT2D eigenvalue weighted by Gasteiger charge is 2.09. The maximum atomic E-state index is 11.5. The van der Waals surface area contributed by atoms with Crippen molar-refractivity contribution in [3.05, 3.63) is 35.7 Å². The zero-order valence-corrected chi connectivity index (χ0v) is 12.6. The number of carbonyl (C=O) groups is 1. The fourth-order valence-corrected chi connectivity index (χ4v) is 1.99. The molecule has 0 bridgehead atoms. The first-order chi connectivity index (χ1) is 10.2. The number of unbranched alkanes of at least 4 members (excludes halogenated alkanes) is 1. The Morgan fingerprint density at radius 2 is 2.24 bits per heavy atom. The number of nitrogens with one attached hydrogen (secondary N) is 1. The minimum Gasteiger partial charge on any atom is -0.356 e. The molecule has 0 unspecified atom stereocenters. The Morgan fingerprint density at radius 3 is 3.00 bits per heavy atom. The molecule has 112 valence electrons. The van der Waals surface area contributed by atoms with Crippen LogP contribution >= 0.6 is 0 Å². The van der Waals surface area contributed by atoms with E-state index in [2.05, 4.69) is 22.4 Å². The molecule has 0 radical (unpaired) electrons. The minimum absolute atomic E-state index is 0.0790. The average molecular weight is 287 g/mol. The van der Waals surface area contributed by atoms with E-state index < -0.39 is 0 Å². The first-order valence-electron chi connectivity index (χ1n) is 7.35. The van der Waals surface area contributed by atoms with Gasteiger partial charge in [0.25, 0.3) is 0 Å². The normalized spacial score (nSPS) is 10.6. The molecule has 1 amide bonds. The Balaban J connectivity index is 1.85. The highest BCUT2D eigenvalue weighted by Crippen LogP contribution is 2.16. The van der Waals surface area contributed by atoms with Gasteiger partial charge in [-0.25, -0.2) is 0 Å². The fourth-order valence-electron chi connectivity index (χ4n) is 1.99. The van der Waals surface area contributed by atoms with Gasteiger partial charge in [0.05, 0.1) is 0 Å². The van der Waals surface area contributed by atoms with Gasteiger partial charge in [-0.2, -0.15) is 4.98 Å². The summed E-state index contributed by atoms with van der Waals surface area (Å²) in [6.07, 6.45) is 3.08. The van der Waals surface area contributed by atoms with Gasteiger partial charge in [-0.3, -0.25) is 4.79 Å². The third kappa shape index (κ3) is 4.70. The van der Waals surface area contributed by atoms with Crippen LogP contribution in [0.1, 0.15) is 37.6 Å². The topological polar surface area (TPSA) is 68.0 Å². The molecule has 0 aliphatic rings. The summed E-state index contributed by atoms with van der Waals surface area (Å²) in [6, 6.07) is 7.96. The van der Waals surface area contributed by atoms with Crippen LogP contribution in [0.5, 0.6) is 0 Å². The molecule has 0 saturated heterocycles. The standard InChI is InChI=1S/C16H21N3O2/c1-3-4-8-14(20)17-10-9-15-18-16(19-21-15)13-7-5-6-12(2)11-13/h5-7,11H,3-4,8-10H2,1-2H3,(H,17,20). The van der Waals surface area contributed by atoms with Crippen LogP contribution in [-0.2, 0) is 11.2 Å². The highest BCUT2D eigenvalue weighted by molar-refractivity contribution is 5.75. The lowest BCUT2D eigenvalue weighted by atomic mass is 10.1. The molecule has 2 aromatic rings. The molecule has 0 saturated carbocycles. The Kier molecular flexibility index (Phi) is 5.49. The monoisotopic (exact) mass is 287 g/mol. The van der Waals surface area contributed by atoms with Crippen molar-refractivity contribution < 1.29 is 9.32 Å².